The van der Waals surface area contributed by atoms with Gasteiger partial charge < -0.3 is 4.74 Å². The fourth-order valence-corrected chi connectivity index (χ4v) is 1.61. The average molecular weight is 278 g/mol. The Bertz CT molecular complexity index is 557. The van der Waals surface area contributed by atoms with Crippen molar-refractivity contribution in [2.75, 3.05) is 0 Å². The molecule has 2 rings (SSSR count). The molecule has 0 spiro atoms. The van der Waals surface area contributed by atoms with Crippen molar-refractivity contribution >= 4 is 6.08 Å². The van der Waals surface area contributed by atoms with Crippen molar-refractivity contribution in [3.05, 3.63) is 71.8 Å². The van der Waals surface area contributed by atoms with Gasteiger partial charge in [-0.1, -0.05) is 48.5 Å². The quantitative estimate of drug-likeness (QED) is 0.777. The van der Waals surface area contributed by atoms with E-state index in [0.29, 0.717) is 17.9 Å². The fourth-order valence-electron chi connectivity index (χ4n) is 1.61. The minimum atomic E-state index is -4.29. The second-order valence-corrected chi connectivity index (χ2v) is 4.22. The molecule has 20 heavy (non-hydrogen) atoms. The lowest BCUT2D eigenvalue weighted by atomic mass is 10.2. The molecule has 2 aromatic carbocycles. The number of hydrogen-bond acceptors (Lipinski definition) is 1. The molecular weight excluding hydrogens is 265 g/mol. The van der Waals surface area contributed by atoms with E-state index < -0.39 is 6.18 Å². The summed E-state index contributed by atoms with van der Waals surface area (Å²) < 4.78 is 41.6. The lowest BCUT2D eigenvalue weighted by Crippen LogP contribution is -2.00. The van der Waals surface area contributed by atoms with E-state index in [1.165, 1.54) is 0 Å². The zero-order chi connectivity index (χ0) is 14.4. The first-order chi connectivity index (χ1) is 9.53. The second-order valence-electron chi connectivity index (χ2n) is 4.22. The summed E-state index contributed by atoms with van der Waals surface area (Å²) in [5.74, 6) is 0.623. The Balaban J connectivity index is 1.93. The number of ether oxygens (including phenoxy) is 1. The predicted molar refractivity (Wildman–Crippen MR) is 72.3 cm³/mol. The number of rotatable bonds is 4. The first-order valence-electron chi connectivity index (χ1n) is 6.06. The van der Waals surface area contributed by atoms with Gasteiger partial charge in [-0.05, 0) is 23.3 Å². The molecule has 104 valence electrons. The third-order valence-electron chi connectivity index (χ3n) is 2.59. The smallest absolute Gasteiger partial charge is 0.409 e. The van der Waals surface area contributed by atoms with Crippen LogP contribution in [0.15, 0.2) is 60.7 Å². The molecule has 0 fully saturated rings. The minimum Gasteiger partial charge on any atom is -0.489 e. The molecule has 0 unspecified atom stereocenters. The number of alkyl halides is 3. The van der Waals surface area contributed by atoms with Crippen LogP contribution >= 0.6 is 0 Å². The van der Waals surface area contributed by atoms with E-state index in [-0.39, 0.29) is 6.08 Å². The molecule has 0 amide bonds. The maximum atomic E-state index is 12.0. The summed E-state index contributed by atoms with van der Waals surface area (Å²) in [4.78, 5) is 0. The van der Waals surface area contributed by atoms with E-state index >= 15 is 0 Å². The Morgan fingerprint density at radius 3 is 2.15 bits per heavy atom. The molecule has 4 heteroatoms. The summed E-state index contributed by atoms with van der Waals surface area (Å²) in [5.41, 5.74) is 1.52. The van der Waals surface area contributed by atoms with Gasteiger partial charge in [0.25, 0.3) is 0 Å². The first-order valence-corrected chi connectivity index (χ1v) is 6.06. The molecule has 0 saturated carbocycles. The van der Waals surface area contributed by atoms with Gasteiger partial charge in [-0.3, -0.25) is 0 Å². The highest BCUT2D eigenvalue weighted by Gasteiger charge is 2.21. The van der Waals surface area contributed by atoms with Gasteiger partial charge in [0.15, 0.2) is 0 Å². The van der Waals surface area contributed by atoms with Gasteiger partial charge in [0.05, 0.1) is 0 Å². The summed E-state index contributed by atoms with van der Waals surface area (Å²) in [5, 5.41) is 0. The average Bonchev–Trinajstić information content (AvgIpc) is 2.44. The summed E-state index contributed by atoms with van der Waals surface area (Å²) in [6.45, 7) is 0.429. The maximum absolute atomic E-state index is 12.0. The molecule has 0 aromatic heterocycles. The topological polar surface area (TPSA) is 9.23 Å². The van der Waals surface area contributed by atoms with Crippen LogP contribution in [-0.2, 0) is 6.61 Å². The van der Waals surface area contributed by atoms with Gasteiger partial charge in [0, 0.05) is 6.08 Å². The molecule has 0 N–H and O–H groups in total. The van der Waals surface area contributed by atoms with Crippen molar-refractivity contribution in [3.8, 4) is 5.75 Å². The van der Waals surface area contributed by atoms with Gasteiger partial charge in [-0.15, -0.1) is 0 Å². The zero-order valence-corrected chi connectivity index (χ0v) is 10.6. The third-order valence-corrected chi connectivity index (χ3v) is 2.59. The Morgan fingerprint density at radius 1 is 0.900 bits per heavy atom. The van der Waals surface area contributed by atoms with Crippen LogP contribution in [0.3, 0.4) is 0 Å². The van der Waals surface area contributed by atoms with Crippen LogP contribution in [0.1, 0.15) is 11.1 Å². The van der Waals surface area contributed by atoms with Crippen molar-refractivity contribution < 1.29 is 17.9 Å². The van der Waals surface area contributed by atoms with Crippen molar-refractivity contribution in [3.63, 3.8) is 0 Å². The van der Waals surface area contributed by atoms with Gasteiger partial charge in [-0.25, -0.2) is 0 Å². The molecule has 0 aliphatic carbocycles. The van der Waals surface area contributed by atoms with Crippen LogP contribution < -0.4 is 4.74 Å². The largest absolute Gasteiger partial charge is 0.489 e. The number of hydrogen-bond donors (Lipinski definition) is 0. The molecule has 2 aromatic rings. The molecule has 0 aliphatic rings. The van der Waals surface area contributed by atoms with Crippen molar-refractivity contribution in [2.45, 2.75) is 12.8 Å². The third kappa shape index (κ3) is 4.80. The van der Waals surface area contributed by atoms with Gasteiger partial charge >= 0.3 is 6.18 Å². The second kappa shape index (κ2) is 6.28. The normalized spacial score (nSPS) is 11.8. The van der Waals surface area contributed by atoms with Gasteiger partial charge in [0.1, 0.15) is 12.4 Å². The Kier molecular flexibility index (Phi) is 4.45. The molecule has 0 atom stereocenters. The monoisotopic (exact) mass is 278 g/mol. The molecule has 0 heterocycles. The number of halogens is 3. The molecular formula is C16H13F3O. The van der Waals surface area contributed by atoms with Crippen molar-refractivity contribution in [1.29, 1.82) is 0 Å². The first kappa shape index (κ1) is 14.2. The van der Waals surface area contributed by atoms with Crippen LogP contribution in [0.5, 0.6) is 5.75 Å². The van der Waals surface area contributed by atoms with Gasteiger partial charge in [-0.2, -0.15) is 13.2 Å². The van der Waals surface area contributed by atoms with Crippen LogP contribution in [0.2, 0.25) is 0 Å². The van der Waals surface area contributed by atoms with E-state index in [2.05, 4.69) is 0 Å². The molecule has 0 radical (unpaired) electrons. The number of benzene rings is 2. The molecule has 0 bridgehead atoms. The summed E-state index contributed by atoms with van der Waals surface area (Å²) in [6, 6.07) is 16.1. The van der Waals surface area contributed by atoms with E-state index in [1.807, 2.05) is 30.3 Å². The standard InChI is InChI=1S/C16H13F3O/c17-16(18,19)11-10-13-6-8-15(9-7-13)20-12-14-4-2-1-3-5-14/h1-11H,12H2. The summed E-state index contributed by atoms with van der Waals surface area (Å²) >= 11 is 0. The highest BCUT2D eigenvalue weighted by Crippen LogP contribution is 2.20. The minimum absolute atomic E-state index is 0.215. The van der Waals surface area contributed by atoms with Crippen LogP contribution in [-0.4, -0.2) is 6.18 Å². The Hall–Kier alpha value is -2.23. The SMILES string of the molecule is FC(F)(F)C=Cc1ccc(OCc2ccccc2)cc1. The molecule has 0 aliphatic heterocycles. The summed E-state index contributed by atoms with van der Waals surface area (Å²) in [7, 11) is 0. The predicted octanol–water partition coefficient (Wildman–Crippen LogP) is 4.84. The Labute approximate surface area is 115 Å². The zero-order valence-electron chi connectivity index (χ0n) is 10.6. The van der Waals surface area contributed by atoms with Crippen molar-refractivity contribution in [1.82, 2.24) is 0 Å². The van der Waals surface area contributed by atoms with E-state index in [0.717, 1.165) is 11.6 Å². The molecule has 0 saturated heterocycles. The maximum Gasteiger partial charge on any atom is 0.409 e. The van der Waals surface area contributed by atoms with Crippen molar-refractivity contribution in [2.24, 2.45) is 0 Å². The fraction of sp³-hybridized carbons (Fsp3) is 0.125. The lowest BCUT2D eigenvalue weighted by molar-refractivity contribution is -0.0790. The van der Waals surface area contributed by atoms with Crippen LogP contribution in [0, 0.1) is 0 Å². The highest BCUT2D eigenvalue weighted by molar-refractivity contribution is 5.51. The van der Waals surface area contributed by atoms with Crippen LogP contribution in [0.4, 0.5) is 13.2 Å². The number of allylic oxidation sites excluding steroid dienone is 1. The van der Waals surface area contributed by atoms with E-state index in [4.69, 9.17) is 4.74 Å². The molecule has 1 nitrogen and oxygen atoms in total. The van der Waals surface area contributed by atoms with Gasteiger partial charge in [0.2, 0.25) is 0 Å². The highest BCUT2D eigenvalue weighted by atomic mass is 19.4. The summed E-state index contributed by atoms with van der Waals surface area (Å²) in [6.07, 6.45) is -3.05. The lowest BCUT2D eigenvalue weighted by Gasteiger charge is -2.06. The Morgan fingerprint density at radius 2 is 1.55 bits per heavy atom. The van der Waals surface area contributed by atoms with E-state index in [1.54, 1.807) is 24.3 Å². The van der Waals surface area contributed by atoms with Crippen LogP contribution in [0.25, 0.3) is 6.08 Å². The van der Waals surface area contributed by atoms with E-state index in [9.17, 15) is 13.2 Å².